The van der Waals surface area contributed by atoms with Gasteiger partial charge in [-0.15, -0.1) is 0 Å². The Morgan fingerprint density at radius 2 is 0.404 bits per heavy atom. The molecule has 0 aromatic carbocycles. The van der Waals surface area contributed by atoms with Gasteiger partial charge >= 0.3 is 39.5 Å². The standard InChI is InChI=1S/C85H166O17P2/c1-75(2)61-53-45-37-30-24-18-14-11-9-10-12-16-20-27-33-41-49-57-65-82(87)95-71-80(101-85(90)68-60-52-43-35-29-23-22-26-32-39-47-55-63-77(5)6)73-99-103(91,92)97-69-79(86)70-98-104(93,94)100-74-81(72-96-83(88)66-58-50-44-36-40-48-56-64-78(7)8)102-84(89)67-59-51-42-34-28-21-17-13-15-19-25-31-38-46-54-62-76(3)4/h75-81,86H,9-74H2,1-8H3,(H,91,92)(H,93,94)/t79?,80-,81-/m1/s1. The van der Waals surface area contributed by atoms with Crippen molar-refractivity contribution in [1.82, 2.24) is 0 Å². The lowest BCUT2D eigenvalue weighted by molar-refractivity contribution is -0.161. The Morgan fingerprint density at radius 3 is 0.596 bits per heavy atom. The predicted molar refractivity (Wildman–Crippen MR) is 428 cm³/mol. The molecule has 5 atom stereocenters. The summed E-state index contributed by atoms with van der Waals surface area (Å²) in [6, 6.07) is 0. The summed E-state index contributed by atoms with van der Waals surface area (Å²) in [6.07, 6.45) is 62.6. The van der Waals surface area contributed by atoms with Gasteiger partial charge in [-0.2, -0.15) is 0 Å². The van der Waals surface area contributed by atoms with Crippen molar-refractivity contribution >= 4 is 39.5 Å². The molecule has 0 bridgehead atoms. The van der Waals surface area contributed by atoms with Crippen molar-refractivity contribution in [3.05, 3.63) is 0 Å². The van der Waals surface area contributed by atoms with E-state index in [1.807, 2.05) is 0 Å². The molecule has 0 radical (unpaired) electrons. The van der Waals surface area contributed by atoms with E-state index >= 15 is 0 Å². The van der Waals surface area contributed by atoms with E-state index in [0.717, 1.165) is 114 Å². The molecule has 0 aliphatic heterocycles. The van der Waals surface area contributed by atoms with Crippen molar-refractivity contribution in [3.8, 4) is 0 Å². The zero-order valence-corrected chi connectivity index (χ0v) is 70.5. The molecule has 3 N–H and O–H groups in total. The maximum Gasteiger partial charge on any atom is 0.472 e. The second kappa shape index (κ2) is 73.8. The first kappa shape index (κ1) is 102. The van der Waals surface area contributed by atoms with E-state index in [1.54, 1.807) is 0 Å². The van der Waals surface area contributed by atoms with Crippen LogP contribution in [0.4, 0.5) is 0 Å². The summed E-state index contributed by atoms with van der Waals surface area (Å²) in [5.74, 6) is 0.997. The third kappa shape index (κ3) is 78.2. The lowest BCUT2D eigenvalue weighted by atomic mass is 10.0. The minimum Gasteiger partial charge on any atom is -0.462 e. The van der Waals surface area contributed by atoms with E-state index in [1.165, 1.54) is 238 Å². The van der Waals surface area contributed by atoms with Crippen molar-refractivity contribution in [2.45, 2.75) is 459 Å². The summed E-state index contributed by atoms with van der Waals surface area (Å²) in [7, 11) is -9.93. The number of rotatable bonds is 82. The maximum atomic E-state index is 13.1. The number of unbranched alkanes of at least 4 members (excludes halogenated alkanes) is 48. The minimum atomic E-state index is -4.97. The lowest BCUT2D eigenvalue weighted by Crippen LogP contribution is -2.30. The predicted octanol–water partition coefficient (Wildman–Crippen LogP) is 25.6. The molecule has 0 heterocycles. The van der Waals surface area contributed by atoms with Gasteiger partial charge in [0.05, 0.1) is 26.4 Å². The van der Waals surface area contributed by atoms with Crippen LogP contribution in [-0.4, -0.2) is 96.7 Å². The highest BCUT2D eigenvalue weighted by atomic mass is 31.2. The van der Waals surface area contributed by atoms with Gasteiger partial charge in [0.25, 0.3) is 0 Å². The first-order chi connectivity index (χ1) is 50.1. The van der Waals surface area contributed by atoms with E-state index in [4.69, 9.17) is 37.0 Å². The zero-order chi connectivity index (χ0) is 76.7. The molecule has 17 nitrogen and oxygen atoms in total. The number of hydrogen-bond donors (Lipinski definition) is 3. The number of esters is 4. The van der Waals surface area contributed by atoms with Gasteiger partial charge < -0.3 is 33.8 Å². The monoisotopic (exact) mass is 1520 g/mol. The van der Waals surface area contributed by atoms with Crippen molar-refractivity contribution < 1.29 is 80.2 Å². The third-order valence-electron chi connectivity index (χ3n) is 19.8. The van der Waals surface area contributed by atoms with Crippen LogP contribution in [0.1, 0.15) is 441 Å². The highest BCUT2D eigenvalue weighted by molar-refractivity contribution is 7.47. The number of phosphoric ester groups is 2. The molecule has 0 aromatic rings. The van der Waals surface area contributed by atoms with Gasteiger partial charge in [0.2, 0.25) is 0 Å². The second-order valence-electron chi connectivity index (χ2n) is 32.5. The van der Waals surface area contributed by atoms with Gasteiger partial charge in [-0.05, 0) is 49.4 Å². The van der Waals surface area contributed by atoms with Crippen molar-refractivity contribution in [3.63, 3.8) is 0 Å². The maximum absolute atomic E-state index is 13.1. The normalized spacial score (nSPS) is 14.0. The number of aliphatic hydroxyl groups is 1. The number of hydrogen-bond acceptors (Lipinski definition) is 15. The van der Waals surface area contributed by atoms with E-state index in [-0.39, 0.29) is 25.7 Å². The minimum absolute atomic E-state index is 0.107. The number of ether oxygens (including phenoxy) is 4. The van der Waals surface area contributed by atoms with Gasteiger partial charge in [0.15, 0.2) is 12.2 Å². The van der Waals surface area contributed by atoms with Crippen molar-refractivity contribution in [2.24, 2.45) is 23.7 Å². The van der Waals surface area contributed by atoms with Gasteiger partial charge in [-0.3, -0.25) is 37.3 Å². The van der Waals surface area contributed by atoms with Gasteiger partial charge in [0.1, 0.15) is 19.3 Å². The summed E-state index contributed by atoms with van der Waals surface area (Å²) in [4.78, 5) is 73.2. The fourth-order valence-corrected chi connectivity index (χ4v) is 14.7. The van der Waals surface area contributed by atoms with Crippen LogP contribution in [0.3, 0.4) is 0 Å². The molecule has 0 spiro atoms. The summed E-state index contributed by atoms with van der Waals surface area (Å²) in [5, 5.41) is 10.7. The molecular weight excluding hydrogens is 1350 g/mol. The quantitative estimate of drug-likeness (QED) is 0.0222. The highest BCUT2D eigenvalue weighted by Gasteiger charge is 2.30. The molecule has 0 aliphatic carbocycles. The molecule has 0 amide bonds. The largest absolute Gasteiger partial charge is 0.472 e. The van der Waals surface area contributed by atoms with Crippen LogP contribution in [0.5, 0.6) is 0 Å². The average molecular weight is 1520 g/mol. The first-order valence-corrected chi connectivity index (χ1v) is 46.7. The fourth-order valence-electron chi connectivity index (χ4n) is 13.1. The van der Waals surface area contributed by atoms with Crippen LogP contribution in [-0.2, 0) is 65.4 Å². The van der Waals surface area contributed by atoms with E-state index < -0.39 is 97.5 Å². The first-order valence-electron chi connectivity index (χ1n) is 43.7. The summed E-state index contributed by atoms with van der Waals surface area (Å²) in [5.41, 5.74) is 0. The van der Waals surface area contributed by atoms with E-state index in [9.17, 15) is 43.2 Å². The number of phosphoric acid groups is 2. The van der Waals surface area contributed by atoms with E-state index in [0.29, 0.717) is 31.6 Å². The Kier molecular flexibility index (Phi) is 72.5. The van der Waals surface area contributed by atoms with E-state index in [2.05, 4.69) is 55.4 Å². The van der Waals surface area contributed by atoms with Crippen LogP contribution in [0.15, 0.2) is 0 Å². The lowest BCUT2D eigenvalue weighted by Gasteiger charge is -2.21. The average Bonchev–Trinajstić information content (AvgIpc) is 0.904. The van der Waals surface area contributed by atoms with Crippen LogP contribution in [0.2, 0.25) is 0 Å². The number of carbonyl (C=O) groups excluding carboxylic acids is 4. The fraction of sp³-hybridized carbons (Fsp3) is 0.953. The molecular formula is C85H166O17P2. The molecule has 0 saturated heterocycles. The Morgan fingerprint density at radius 1 is 0.240 bits per heavy atom. The van der Waals surface area contributed by atoms with Crippen LogP contribution in [0.25, 0.3) is 0 Å². The Hall–Kier alpha value is -1.94. The molecule has 0 aliphatic rings. The number of carbonyl (C=O) groups is 4. The Balaban J connectivity index is 5.21. The zero-order valence-electron chi connectivity index (χ0n) is 68.7. The van der Waals surface area contributed by atoms with Crippen molar-refractivity contribution in [2.75, 3.05) is 39.6 Å². The SMILES string of the molecule is CC(C)CCCCCCCCCCCCCCCCCCCCC(=O)OC[C@H](COP(=O)(O)OCC(O)COP(=O)(O)OC[C@@H](COC(=O)CCCCCCCCCC(C)C)OC(=O)CCCCCCCCCCCCCCCCCC(C)C)OC(=O)CCCCCCCCCCCCCCC(C)C. The van der Waals surface area contributed by atoms with Gasteiger partial charge in [-0.25, -0.2) is 9.13 Å². The smallest absolute Gasteiger partial charge is 0.462 e. The molecule has 618 valence electrons. The second-order valence-corrected chi connectivity index (χ2v) is 35.4. The van der Waals surface area contributed by atoms with Gasteiger partial charge in [0, 0.05) is 25.7 Å². The van der Waals surface area contributed by atoms with Crippen LogP contribution >= 0.6 is 15.6 Å². The third-order valence-corrected chi connectivity index (χ3v) is 21.7. The molecule has 0 saturated carbocycles. The molecule has 0 rings (SSSR count). The molecule has 3 unspecified atom stereocenters. The summed E-state index contributed by atoms with van der Waals surface area (Å²) in [6.45, 7) is 14.3. The molecule has 19 heteroatoms. The van der Waals surface area contributed by atoms with Crippen LogP contribution < -0.4 is 0 Å². The Bertz CT molecular complexity index is 2020. The van der Waals surface area contributed by atoms with Crippen LogP contribution in [0, 0.1) is 23.7 Å². The topological polar surface area (TPSA) is 237 Å². The highest BCUT2D eigenvalue weighted by Crippen LogP contribution is 2.45. The Labute approximate surface area is 638 Å². The molecule has 104 heavy (non-hydrogen) atoms. The van der Waals surface area contributed by atoms with Gasteiger partial charge in [-0.1, -0.05) is 389 Å². The van der Waals surface area contributed by atoms with Crippen molar-refractivity contribution in [1.29, 1.82) is 0 Å². The molecule has 0 fully saturated rings. The summed E-state index contributed by atoms with van der Waals surface area (Å²) < 4.78 is 68.8. The summed E-state index contributed by atoms with van der Waals surface area (Å²) >= 11 is 0. The molecule has 0 aromatic heterocycles. The number of aliphatic hydroxyl groups excluding tert-OH is 1.